The molecule has 5 nitrogen and oxygen atoms in total. The normalized spacial score (nSPS) is 11.6. The van der Waals surface area contributed by atoms with Crippen LogP contribution in [0.15, 0.2) is 48.5 Å². The molecule has 1 amide bonds. The van der Waals surface area contributed by atoms with Gasteiger partial charge < -0.3 is 20.5 Å². The number of carbonyl (C=O) groups is 1. The molecule has 0 heterocycles. The molecule has 2 aromatic rings. The highest BCUT2D eigenvalue weighted by atomic mass is 16.5. The standard InChI is InChI=1S/C18H22N2O3/c1-13(19)11-18(21)20-12-14-7-9-15(10-8-14)23-17-6-4-3-5-16(17)22-2/h3-10,13H,11-12,19H2,1-2H3,(H,20,21). The Morgan fingerprint density at radius 3 is 2.39 bits per heavy atom. The molecule has 0 radical (unpaired) electrons. The van der Waals surface area contributed by atoms with Crippen LogP contribution in [-0.4, -0.2) is 19.1 Å². The summed E-state index contributed by atoms with van der Waals surface area (Å²) in [5.74, 6) is 2.00. The van der Waals surface area contributed by atoms with Gasteiger partial charge in [0.05, 0.1) is 7.11 Å². The third-order valence-electron chi connectivity index (χ3n) is 3.22. The third kappa shape index (κ3) is 5.30. The predicted octanol–water partition coefficient (Wildman–Crippen LogP) is 2.84. The second-order valence-electron chi connectivity index (χ2n) is 5.36. The second-order valence-corrected chi connectivity index (χ2v) is 5.36. The fourth-order valence-electron chi connectivity index (χ4n) is 2.07. The molecule has 2 rings (SSSR count). The zero-order valence-electron chi connectivity index (χ0n) is 13.4. The van der Waals surface area contributed by atoms with Crippen molar-refractivity contribution >= 4 is 5.91 Å². The Morgan fingerprint density at radius 2 is 1.78 bits per heavy atom. The number of benzene rings is 2. The first-order valence-corrected chi connectivity index (χ1v) is 7.50. The average Bonchev–Trinajstić information content (AvgIpc) is 2.54. The second kappa shape index (κ2) is 8.19. The van der Waals surface area contributed by atoms with Gasteiger partial charge in [-0.3, -0.25) is 4.79 Å². The Labute approximate surface area is 136 Å². The minimum absolute atomic E-state index is 0.0469. The van der Waals surface area contributed by atoms with Crippen LogP contribution in [0.4, 0.5) is 0 Å². The lowest BCUT2D eigenvalue weighted by Crippen LogP contribution is -2.29. The molecule has 0 aromatic heterocycles. The average molecular weight is 314 g/mol. The first kappa shape index (κ1) is 16.8. The van der Waals surface area contributed by atoms with Gasteiger partial charge in [-0.25, -0.2) is 0 Å². The van der Waals surface area contributed by atoms with Crippen molar-refractivity contribution in [3.05, 3.63) is 54.1 Å². The molecule has 0 aliphatic heterocycles. The van der Waals surface area contributed by atoms with E-state index in [4.69, 9.17) is 15.2 Å². The van der Waals surface area contributed by atoms with Crippen molar-refractivity contribution in [1.29, 1.82) is 0 Å². The molecule has 5 heteroatoms. The number of carbonyl (C=O) groups excluding carboxylic acids is 1. The van der Waals surface area contributed by atoms with E-state index >= 15 is 0 Å². The van der Waals surface area contributed by atoms with Gasteiger partial charge in [0.15, 0.2) is 11.5 Å². The highest BCUT2D eigenvalue weighted by Crippen LogP contribution is 2.30. The molecule has 0 bridgehead atoms. The number of methoxy groups -OCH3 is 1. The summed E-state index contributed by atoms with van der Waals surface area (Å²) in [7, 11) is 1.61. The maximum absolute atomic E-state index is 11.6. The Hall–Kier alpha value is -2.53. The lowest BCUT2D eigenvalue weighted by molar-refractivity contribution is -0.121. The number of para-hydroxylation sites is 2. The van der Waals surface area contributed by atoms with Gasteiger partial charge in [-0.05, 0) is 36.8 Å². The van der Waals surface area contributed by atoms with E-state index in [0.29, 0.717) is 30.2 Å². The summed E-state index contributed by atoms with van der Waals surface area (Å²) in [6.45, 7) is 2.28. The van der Waals surface area contributed by atoms with Crippen LogP contribution in [0.3, 0.4) is 0 Å². The number of nitrogens with one attached hydrogen (secondary N) is 1. The lowest BCUT2D eigenvalue weighted by Gasteiger charge is -2.11. The number of hydrogen-bond acceptors (Lipinski definition) is 4. The molecule has 2 aromatic carbocycles. The van der Waals surface area contributed by atoms with Crippen LogP contribution in [0.1, 0.15) is 18.9 Å². The SMILES string of the molecule is COc1ccccc1Oc1ccc(CNC(=O)CC(C)N)cc1. The molecule has 1 atom stereocenters. The molecule has 1 unspecified atom stereocenters. The monoisotopic (exact) mass is 314 g/mol. The summed E-state index contributed by atoms with van der Waals surface area (Å²) < 4.78 is 11.1. The van der Waals surface area contributed by atoms with Gasteiger partial charge in [-0.1, -0.05) is 24.3 Å². The van der Waals surface area contributed by atoms with Crippen LogP contribution in [0.2, 0.25) is 0 Å². The summed E-state index contributed by atoms with van der Waals surface area (Å²) in [5.41, 5.74) is 6.59. The van der Waals surface area contributed by atoms with Crippen LogP contribution in [-0.2, 0) is 11.3 Å². The summed E-state index contributed by atoms with van der Waals surface area (Å²) in [6.07, 6.45) is 0.328. The predicted molar refractivity (Wildman–Crippen MR) is 89.6 cm³/mol. The molecular formula is C18H22N2O3. The van der Waals surface area contributed by atoms with Gasteiger partial charge >= 0.3 is 0 Å². The van der Waals surface area contributed by atoms with Crippen molar-refractivity contribution in [2.45, 2.75) is 25.9 Å². The number of hydrogen-bond donors (Lipinski definition) is 2. The first-order chi connectivity index (χ1) is 11.1. The van der Waals surface area contributed by atoms with Gasteiger partial charge in [0.25, 0.3) is 0 Å². The molecule has 0 spiro atoms. The van der Waals surface area contributed by atoms with Crippen LogP contribution < -0.4 is 20.5 Å². The van der Waals surface area contributed by atoms with Gasteiger partial charge in [-0.15, -0.1) is 0 Å². The molecule has 0 saturated heterocycles. The van der Waals surface area contributed by atoms with Crippen molar-refractivity contribution in [3.8, 4) is 17.2 Å². The van der Waals surface area contributed by atoms with Gasteiger partial charge in [0, 0.05) is 19.0 Å². The van der Waals surface area contributed by atoms with E-state index in [-0.39, 0.29) is 11.9 Å². The van der Waals surface area contributed by atoms with Crippen LogP contribution >= 0.6 is 0 Å². The van der Waals surface area contributed by atoms with Crippen molar-refractivity contribution in [2.75, 3.05) is 7.11 Å². The molecule has 122 valence electrons. The molecule has 0 aliphatic rings. The van der Waals surface area contributed by atoms with E-state index in [1.807, 2.05) is 55.5 Å². The van der Waals surface area contributed by atoms with E-state index in [9.17, 15) is 4.79 Å². The van der Waals surface area contributed by atoms with Crippen LogP contribution in [0, 0.1) is 0 Å². The minimum atomic E-state index is -0.133. The number of nitrogens with two attached hydrogens (primary N) is 1. The highest BCUT2D eigenvalue weighted by molar-refractivity contribution is 5.76. The summed E-state index contributed by atoms with van der Waals surface area (Å²) >= 11 is 0. The van der Waals surface area contributed by atoms with E-state index in [0.717, 1.165) is 5.56 Å². The zero-order valence-corrected chi connectivity index (χ0v) is 13.4. The fourth-order valence-corrected chi connectivity index (χ4v) is 2.07. The zero-order chi connectivity index (χ0) is 16.7. The van der Waals surface area contributed by atoms with Gasteiger partial charge in [-0.2, -0.15) is 0 Å². The fraction of sp³-hybridized carbons (Fsp3) is 0.278. The van der Waals surface area contributed by atoms with Crippen molar-refractivity contribution in [2.24, 2.45) is 5.73 Å². The number of ether oxygens (including phenoxy) is 2. The molecule has 23 heavy (non-hydrogen) atoms. The van der Waals surface area contributed by atoms with Crippen LogP contribution in [0.25, 0.3) is 0 Å². The molecular weight excluding hydrogens is 292 g/mol. The molecule has 0 fully saturated rings. The van der Waals surface area contributed by atoms with Crippen molar-refractivity contribution in [3.63, 3.8) is 0 Å². The topological polar surface area (TPSA) is 73.6 Å². The molecule has 3 N–H and O–H groups in total. The van der Waals surface area contributed by atoms with Gasteiger partial charge in [0.1, 0.15) is 5.75 Å². The van der Waals surface area contributed by atoms with E-state index in [2.05, 4.69) is 5.32 Å². The Morgan fingerprint density at radius 1 is 1.13 bits per heavy atom. The van der Waals surface area contributed by atoms with Gasteiger partial charge in [0.2, 0.25) is 5.91 Å². The maximum Gasteiger partial charge on any atom is 0.221 e. The van der Waals surface area contributed by atoms with Crippen LogP contribution in [0.5, 0.6) is 17.2 Å². The highest BCUT2D eigenvalue weighted by Gasteiger charge is 2.06. The Bertz CT molecular complexity index is 639. The Balaban J connectivity index is 1.93. The smallest absolute Gasteiger partial charge is 0.221 e. The third-order valence-corrected chi connectivity index (χ3v) is 3.22. The largest absolute Gasteiger partial charge is 0.493 e. The quantitative estimate of drug-likeness (QED) is 0.824. The summed E-state index contributed by atoms with van der Waals surface area (Å²) in [6, 6.07) is 14.9. The minimum Gasteiger partial charge on any atom is -0.493 e. The maximum atomic E-state index is 11.6. The first-order valence-electron chi connectivity index (χ1n) is 7.50. The summed E-state index contributed by atoms with van der Waals surface area (Å²) in [4.78, 5) is 11.6. The molecule has 0 saturated carbocycles. The number of rotatable bonds is 7. The summed E-state index contributed by atoms with van der Waals surface area (Å²) in [5, 5.41) is 2.84. The van der Waals surface area contributed by atoms with E-state index < -0.39 is 0 Å². The molecule has 0 aliphatic carbocycles. The number of amides is 1. The van der Waals surface area contributed by atoms with Crippen molar-refractivity contribution < 1.29 is 14.3 Å². The van der Waals surface area contributed by atoms with E-state index in [1.165, 1.54) is 0 Å². The van der Waals surface area contributed by atoms with Crippen molar-refractivity contribution in [1.82, 2.24) is 5.32 Å². The Kier molecular flexibility index (Phi) is 6.00. The lowest BCUT2D eigenvalue weighted by atomic mass is 10.2. The van der Waals surface area contributed by atoms with E-state index in [1.54, 1.807) is 7.11 Å².